The number of H-pyrrole nitrogens is 1. The maximum absolute atomic E-state index is 11.7. The summed E-state index contributed by atoms with van der Waals surface area (Å²) in [6, 6.07) is 5.68. The molecular weight excluding hydrogens is 248 g/mol. The summed E-state index contributed by atoms with van der Waals surface area (Å²) in [6.07, 6.45) is 0.829. The van der Waals surface area contributed by atoms with Crippen molar-refractivity contribution >= 4 is 28.3 Å². The second-order valence-corrected chi connectivity index (χ2v) is 5.13. The standard InChI is InChI=1S/C14H17ClN2O/c1-9(18)10-5-4-6-12-13(10)11(14(15)16-12)7-8-17(2)3/h4-6,16H,7-8H2,1-3H3. The van der Waals surface area contributed by atoms with Gasteiger partial charge in [0.25, 0.3) is 0 Å². The summed E-state index contributed by atoms with van der Waals surface area (Å²) >= 11 is 6.24. The fourth-order valence-electron chi connectivity index (χ4n) is 2.15. The Kier molecular flexibility index (Phi) is 3.73. The van der Waals surface area contributed by atoms with Crippen LogP contribution in [0.3, 0.4) is 0 Å². The van der Waals surface area contributed by atoms with E-state index in [1.165, 1.54) is 0 Å². The topological polar surface area (TPSA) is 36.1 Å². The third-order valence-corrected chi connectivity index (χ3v) is 3.39. The number of nitrogens with zero attached hydrogens (tertiary/aromatic N) is 1. The fraction of sp³-hybridized carbons (Fsp3) is 0.357. The highest BCUT2D eigenvalue weighted by Crippen LogP contribution is 2.29. The first-order valence-corrected chi connectivity index (χ1v) is 6.33. The van der Waals surface area contributed by atoms with E-state index >= 15 is 0 Å². The van der Waals surface area contributed by atoms with Gasteiger partial charge < -0.3 is 9.88 Å². The number of hydrogen-bond acceptors (Lipinski definition) is 2. The molecule has 0 saturated heterocycles. The van der Waals surface area contributed by atoms with Gasteiger partial charge in [0.05, 0.1) is 0 Å². The van der Waals surface area contributed by atoms with Crippen molar-refractivity contribution in [3.05, 3.63) is 34.5 Å². The maximum atomic E-state index is 11.7. The van der Waals surface area contributed by atoms with Crippen LogP contribution in [0.1, 0.15) is 22.8 Å². The summed E-state index contributed by atoms with van der Waals surface area (Å²) < 4.78 is 0. The Morgan fingerprint density at radius 1 is 1.39 bits per heavy atom. The summed E-state index contributed by atoms with van der Waals surface area (Å²) in [5.41, 5.74) is 2.71. The van der Waals surface area contributed by atoms with Crippen LogP contribution < -0.4 is 0 Å². The zero-order chi connectivity index (χ0) is 13.3. The lowest BCUT2D eigenvalue weighted by Gasteiger charge is -2.09. The minimum Gasteiger partial charge on any atom is -0.345 e. The van der Waals surface area contributed by atoms with Crippen LogP contribution in [0.15, 0.2) is 18.2 Å². The number of benzene rings is 1. The molecule has 0 atom stereocenters. The minimum absolute atomic E-state index is 0.0716. The van der Waals surface area contributed by atoms with Crippen LogP contribution in [0.2, 0.25) is 5.15 Å². The number of likely N-dealkylation sites (N-methyl/N-ethyl adjacent to an activating group) is 1. The number of aromatic nitrogens is 1. The normalized spacial score (nSPS) is 11.4. The molecule has 0 saturated carbocycles. The Labute approximate surface area is 112 Å². The number of rotatable bonds is 4. The van der Waals surface area contributed by atoms with Crippen molar-refractivity contribution < 1.29 is 4.79 Å². The Balaban J connectivity index is 2.56. The lowest BCUT2D eigenvalue weighted by atomic mass is 10.0. The molecule has 1 aromatic heterocycles. The van der Waals surface area contributed by atoms with Crippen LogP contribution in [-0.4, -0.2) is 36.3 Å². The quantitative estimate of drug-likeness (QED) is 0.862. The highest BCUT2D eigenvalue weighted by atomic mass is 35.5. The van der Waals surface area contributed by atoms with Crippen molar-refractivity contribution in [2.24, 2.45) is 0 Å². The van der Waals surface area contributed by atoms with E-state index in [0.717, 1.165) is 35.0 Å². The molecule has 0 bridgehead atoms. The van der Waals surface area contributed by atoms with Crippen LogP contribution >= 0.6 is 11.6 Å². The van der Waals surface area contributed by atoms with Gasteiger partial charge in [-0.1, -0.05) is 23.7 Å². The Morgan fingerprint density at radius 2 is 2.11 bits per heavy atom. The number of nitrogens with one attached hydrogen (secondary N) is 1. The summed E-state index contributed by atoms with van der Waals surface area (Å²) in [5, 5.41) is 1.61. The van der Waals surface area contributed by atoms with Crippen molar-refractivity contribution in [3.8, 4) is 0 Å². The minimum atomic E-state index is 0.0716. The largest absolute Gasteiger partial charge is 0.345 e. The first kappa shape index (κ1) is 13.1. The zero-order valence-electron chi connectivity index (χ0n) is 10.9. The molecule has 4 heteroatoms. The second-order valence-electron chi connectivity index (χ2n) is 4.76. The van der Waals surface area contributed by atoms with Crippen LogP contribution in [0.25, 0.3) is 10.9 Å². The van der Waals surface area contributed by atoms with E-state index in [0.29, 0.717) is 5.15 Å². The number of hydrogen-bond donors (Lipinski definition) is 1. The fourth-order valence-corrected chi connectivity index (χ4v) is 2.44. The van der Waals surface area contributed by atoms with E-state index < -0.39 is 0 Å². The van der Waals surface area contributed by atoms with Crippen LogP contribution in [0.4, 0.5) is 0 Å². The predicted molar refractivity (Wildman–Crippen MR) is 75.6 cm³/mol. The maximum Gasteiger partial charge on any atom is 0.160 e. The van der Waals surface area contributed by atoms with Crippen molar-refractivity contribution in [1.82, 2.24) is 9.88 Å². The van der Waals surface area contributed by atoms with Gasteiger partial charge in [0, 0.05) is 23.0 Å². The van der Waals surface area contributed by atoms with Crippen molar-refractivity contribution in [2.45, 2.75) is 13.3 Å². The van der Waals surface area contributed by atoms with Gasteiger partial charge in [-0.2, -0.15) is 0 Å². The highest BCUT2D eigenvalue weighted by Gasteiger charge is 2.15. The van der Waals surface area contributed by atoms with Crippen molar-refractivity contribution in [1.29, 1.82) is 0 Å². The van der Waals surface area contributed by atoms with Crippen molar-refractivity contribution in [2.75, 3.05) is 20.6 Å². The van der Waals surface area contributed by atoms with Crippen LogP contribution in [-0.2, 0) is 6.42 Å². The van der Waals surface area contributed by atoms with E-state index in [2.05, 4.69) is 9.88 Å². The average Bonchev–Trinajstić information content (AvgIpc) is 2.61. The number of halogens is 1. The van der Waals surface area contributed by atoms with Gasteiger partial charge in [-0.05, 0) is 39.1 Å². The molecule has 0 fully saturated rings. The molecular formula is C14H17ClN2O. The summed E-state index contributed by atoms with van der Waals surface area (Å²) in [6.45, 7) is 2.49. The van der Waals surface area contributed by atoms with Crippen LogP contribution in [0.5, 0.6) is 0 Å². The number of fused-ring (bicyclic) bond motifs is 1. The summed E-state index contributed by atoms with van der Waals surface area (Å²) in [5.74, 6) is 0.0716. The lowest BCUT2D eigenvalue weighted by molar-refractivity contribution is 0.101. The average molecular weight is 265 g/mol. The zero-order valence-corrected chi connectivity index (χ0v) is 11.6. The van der Waals surface area contributed by atoms with E-state index in [1.54, 1.807) is 6.92 Å². The van der Waals surface area contributed by atoms with Crippen LogP contribution in [0, 0.1) is 0 Å². The molecule has 0 aliphatic carbocycles. The molecule has 1 aromatic carbocycles. The number of carbonyl (C=O) groups is 1. The summed E-state index contributed by atoms with van der Waals surface area (Å²) in [4.78, 5) is 16.9. The smallest absolute Gasteiger partial charge is 0.160 e. The molecule has 0 spiro atoms. The highest BCUT2D eigenvalue weighted by molar-refractivity contribution is 6.32. The van der Waals surface area contributed by atoms with Gasteiger partial charge in [0.2, 0.25) is 0 Å². The van der Waals surface area contributed by atoms with Gasteiger partial charge in [-0.25, -0.2) is 0 Å². The molecule has 0 aliphatic heterocycles. The van der Waals surface area contributed by atoms with E-state index in [-0.39, 0.29) is 5.78 Å². The molecule has 1 heterocycles. The Hall–Kier alpha value is -1.32. The van der Waals surface area contributed by atoms with Gasteiger partial charge in [-0.15, -0.1) is 0 Å². The van der Waals surface area contributed by atoms with Gasteiger partial charge in [0.1, 0.15) is 5.15 Å². The molecule has 0 radical (unpaired) electrons. The number of Topliss-reactive ketones (excluding diaryl/α,β-unsaturated/α-hetero) is 1. The van der Waals surface area contributed by atoms with Crippen molar-refractivity contribution in [3.63, 3.8) is 0 Å². The van der Waals surface area contributed by atoms with E-state index in [9.17, 15) is 4.79 Å². The first-order chi connectivity index (χ1) is 8.50. The molecule has 0 unspecified atom stereocenters. The van der Waals surface area contributed by atoms with E-state index in [4.69, 9.17) is 11.6 Å². The molecule has 0 aliphatic rings. The third kappa shape index (κ3) is 2.42. The van der Waals surface area contributed by atoms with Gasteiger partial charge in [-0.3, -0.25) is 4.79 Å². The third-order valence-electron chi connectivity index (χ3n) is 3.06. The molecule has 1 N–H and O–H groups in total. The monoisotopic (exact) mass is 264 g/mol. The molecule has 0 amide bonds. The molecule has 3 nitrogen and oxygen atoms in total. The number of aromatic amines is 1. The molecule has 18 heavy (non-hydrogen) atoms. The van der Waals surface area contributed by atoms with Gasteiger partial charge >= 0.3 is 0 Å². The molecule has 2 rings (SSSR count). The predicted octanol–water partition coefficient (Wildman–Crippen LogP) is 3.13. The Bertz CT molecular complexity index is 587. The van der Waals surface area contributed by atoms with E-state index in [1.807, 2.05) is 32.3 Å². The SMILES string of the molecule is CC(=O)c1cccc2[nH]c(Cl)c(CCN(C)C)c12. The van der Waals surface area contributed by atoms with Gasteiger partial charge in [0.15, 0.2) is 5.78 Å². The summed E-state index contributed by atoms with van der Waals surface area (Å²) in [7, 11) is 4.04. The second kappa shape index (κ2) is 5.12. The number of ketones is 1. The first-order valence-electron chi connectivity index (χ1n) is 5.95. The molecule has 96 valence electrons. The lowest BCUT2D eigenvalue weighted by Crippen LogP contribution is -2.15. The number of carbonyl (C=O) groups excluding carboxylic acids is 1. The Morgan fingerprint density at radius 3 is 2.72 bits per heavy atom. The molecule has 2 aromatic rings.